The first kappa shape index (κ1) is 12.6. The summed E-state index contributed by atoms with van der Waals surface area (Å²) in [4.78, 5) is 0. The number of aliphatic hydroxyl groups excluding tert-OH is 1. The van der Waals surface area contributed by atoms with Crippen molar-refractivity contribution in [1.29, 1.82) is 0 Å². The number of hydrogen-bond donors (Lipinski definition) is 1. The van der Waals surface area contributed by atoms with Crippen molar-refractivity contribution in [1.82, 2.24) is 15.0 Å². The Morgan fingerprint density at radius 3 is 2.61 bits per heavy atom. The van der Waals surface area contributed by atoms with Gasteiger partial charge in [0.2, 0.25) is 0 Å². The van der Waals surface area contributed by atoms with Crippen LogP contribution in [0.2, 0.25) is 0 Å². The molecule has 4 nitrogen and oxygen atoms in total. The topological polar surface area (TPSA) is 50.9 Å². The summed E-state index contributed by atoms with van der Waals surface area (Å²) in [6, 6.07) is 3.69. The third-order valence-electron chi connectivity index (χ3n) is 2.67. The van der Waals surface area contributed by atoms with E-state index in [1.807, 2.05) is 0 Å². The van der Waals surface area contributed by atoms with Gasteiger partial charge in [0, 0.05) is 5.56 Å². The highest BCUT2D eigenvalue weighted by atomic mass is 19.1. The Morgan fingerprint density at radius 2 is 2.00 bits per heavy atom. The van der Waals surface area contributed by atoms with E-state index in [2.05, 4.69) is 10.3 Å². The molecule has 0 saturated carbocycles. The molecule has 1 atom stereocenters. The number of rotatable bonds is 4. The highest BCUT2D eigenvalue weighted by molar-refractivity contribution is 5.19. The van der Waals surface area contributed by atoms with Gasteiger partial charge in [0.05, 0.1) is 18.8 Å². The van der Waals surface area contributed by atoms with E-state index >= 15 is 0 Å². The summed E-state index contributed by atoms with van der Waals surface area (Å²) in [5.41, 5.74) is 0.328. The normalized spacial score (nSPS) is 12.7. The molecule has 0 bridgehead atoms. The molecular formula is C12H13F2N3O. The molecular weight excluding hydrogens is 240 g/mol. The lowest BCUT2D eigenvalue weighted by atomic mass is 10.2. The zero-order valence-corrected chi connectivity index (χ0v) is 9.85. The monoisotopic (exact) mass is 253 g/mol. The third kappa shape index (κ3) is 2.53. The van der Waals surface area contributed by atoms with Crippen molar-refractivity contribution in [2.24, 2.45) is 0 Å². The van der Waals surface area contributed by atoms with Crippen molar-refractivity contribution in [2.45, 2.75) is 26.0 Å². The van der Waals surface area contributed by atoms with Crippen molar-refractivity contribution in [3.05, 3.63) is 47.3 Å². The van der Waals surface area contributed by atoms with E-state index in [0.717, 1.165) is 0 Å². The lowest BCUT2D eigenvalue weighted by Crippen LogP contribution is -2.05. The molecule has 0 radical (unpaired) electrons. The van der Waals surface area contributed by atoms with Gasteiger partial charge < -0.3 is 5.11 Å². The van der Waals surface area contributed by atoms with Gasteiger partial charge in [-0.3, -0.25) is 0 Å². The molecule has 1 N–H and O–H groups in total. The van der Waals surface area contributed by atoms with Crippen molar-refractivity contribution >= 4 is 0 Å². The maximum atomic E-state index is 13.4. The zero-order chi connectivity index (χ0) is 13.1. The number of halogens is 2. The molecule has 18 heavy (non-hydrogen) atoms. The second kappa shape index (κ2) is 5.22. The summed E-state index contributed by atoms with van der Waals surface area (Å²) in [7, 11) is 0. The Hall–Kier alpha value is -1.82. The van der Waals surface area contributed by atoms with Crippen LogP contribution in [0.25, 0.3) is 0 Å². The van der Waals surface area contributed by atoms with Gasteiger partial charge in [-0.1, -0.05) is 18.2 Å². The number of aromatic nitrogens is 3. The van der Waals surface area contributed by atoms with E-state index in [0.29, 0.717) is 12.1 Å². The zero-order valence-electron chi connectivity index (χ0n) is 9.85. The summed E-state index contributed by atoms with van der Waals surface area (Å²) in [5, 5.41) is 17.1. The van der Waals surface area contributed by atoms with Gasteiger partial charge in [-0.05, 0) is 18.6 Å². The highest BCUT2D eigenvalue weighted by Crippen LogP contribution is 2.15. The molecule has 0 saturated heterocycles. The molecule has 96 valence electrons. The van der Waals surface area contributed by atoms with Crippen LogP contribution in [0.1, 0.15) is 30.7 Å². The molecule has 0 spiro atoms. The van der Waals surface area contributed by atoms with Gasteiger partial charge in [-0.25, -0.2) is 13.5 Å². The van der Waals surface area contributed by atoms with Crippen molar-refractivity contribution < 1.29 is 13.9 Å². The number of nitrogens with zero attached hydrogens (tertiary/aromatic N) is 3. The molecule has 2 aromatic rings. The average Bonchev–Trinajstić information content (AvgIpc) is 2.81. The summed E-state index contributed by atoms with van der Waals surface area (Å²) < 4.78 is 28.1. The van der Waals surface area contributed by atoms with Crippen molar-refractivity contribution in [3.8, 4) is 0 Å². The standard InChI is InChI=1S/C12H13F2N3O/c1-2-12(18)11-7-17(16-15-11)6-8-9(13)4-3-5-10(8)14/h3-5,7,12,18H,2,6H2,1H3. The van der Waals surface area contributed by atoms with Crippen LogP contribution in [0.5, 0.6) is 0 Å². The minimum atomic E-state index is -0.704. The molecule has 0 fully saturated rings. The fourth-order valence-electron chi connectivity index (χ4n) is 1.60. The molecule has 1 unspecified atom stereocenters. The molecule has 2 rings (SSSR count). The van der Waals surface area contributed by atoms with Crippen LogP contribution in [0, 0.1) is 11.6 Å². The van der Waals surface area contributed by atoms with E-state index in [-0.39, 0.29) is 12.1 Å². The van der Waals surface area contributed by atoms with Gasteiger partial charge in [0.25, 0.3) is 0 Å². The van der Waals surface area contributed by atoms with Crippen LogP contribution in [-0.4, -0.2) is 20.1 Å². The van der Waals surface area contributed by atoms with E-state index in [9.17, 15) is 13.9 Å². The predicted octanol–water partition coefficient (Wildman–Crippen LogP) is 2.05. The van der Waals surface area contributed by atoms with Crippen LogP contribution >= 0.6 is 0 Å². The van der Waals surface area contributed by atoms with Gasteiger partial charge in [-0.2, -0.15) is 0 Å². The fourth-order valence-corrected chi connectivity index (χ4v) is 1.60. The number of aliphatic hydroxyl groups is 1. The highest BCUT2D eigenvalue weighted by Gasteiger charge is 2.13. The Kier molecular flexibility index (Phi) is 3.66. The Labute approximate surface area is 103 Å². The minimum Gasteiger partial charge on any atom is -0.387 e. The lowest BCUT2D eigenvalue weighted by molar-refractivity contribution is 0.168. The Morgan fingerprint density at radius 1 is 1.33 bits per heavy atom. The van der Waals surface area contributed by atoms with Crippen LogP contribution in [0.4, 0.5) is 8.78 Å². The molecule has 1 heterocycles. The maximum Gasteiger partial charge on any atom is 0.131 e. The van der Waals surface area contributed by atoms with E-state index in [1.165, 1.54) is 29.1 Å². The van der Waals surface area contributed by atoms with Crippen LogP contribution in [0.15, 0.2) is 24.4 Å². The minimum absolute atomic E-state index is 0.0536. The molecule has 1 aromatic heterocycles. The molecule has 0 amide bonds. The predicted molar refractivity (Wildman–Crippen MR) is 60.7 cm³/mol. The quantitative estimate of drug-likeness (QED) is 0.907. The van der Waals surface area contributed by atoms with Crippen LogP contribution in [-0.2, 0) is 6.54 Å². The van der Waals surface area contributed by atoms with E-state index in [1.54, 1.807) is 6.92 Å². The van der Waals surface area contributed by atoms with Crippen LogP contribution in [0.3, 0.4) is 0 Å². The summed E-state index contributed by atoms with van der Waals surface area (Å²) in [6.45, 7) is 1.75. The first-order valence-electron chi connectivity index (χ1n) is 5.62. The largest absolute Gasteiger partial charge is 0.387 e. The van der Waals surface area contributed by atoms with Crippen molar-refractivity contribution in [3.63, 3.8) is 0 Å². The van der Waals surface area contributed by atoms with Gasteiger partial charge in [0.1, 0.15) is 17.3 Å². The molecule has 0 aliphatic carbocycles. The fraction of sp³-hybridized carbons (Fsp3) is 0.333. The lowest BCUT2D eigenvalue weighted by Gasteiger charge is -2.04. The first-order chi connectivity index (χ1) is 8.61. The summed E-state index contributed by atoms with van der Waals surface area (Å²) >= 11 is 0. The second-order valence-electron chi connectivity index (χ2n) is 3.97. The maximum absolute atomic E-state index is 13.4. The molecule has 0 aliphatic heterocycles. The van der Waals surface area contributed by atoms with Gasteiger partial charge >= 0.3 is 0 Å². The summed E-state index contributed by atoms with van der Waals surface area (Å²) in [6.07, 6.45) is 1.29. The average molecular weight is 253 g/mol. The smallest absolute Gasteiger partial charge is 0.131 e. The second-order valence-corrected chi connectivity index (χ2v) is 3.97. The van der Waals surface area contributed by atoms with E-state index in [4.69, 9.17) is 0 Å². The van der Waals surface area contributed by atoms with Crippen LogP contribution < -0.4 is 0 Å². The first-order valence-corrected chi connectivity index (χ1v) is 5.62. The third-order valence-corrected chi connectivity index (χ3v) is 2.67. The van der Waals surface area contributed by atoms with Gasteiger partial charge in [0.15, 0.2) is 0 Å². The number of hydrogen-bond acceptors (Lipinski definition) is 3. The Balaban J connectivity index is 2.21. The molecule has 1 aromatic carbocycles. The van der Waals surface area contributed by atoms with Gasteiger partial charge in [-0.15, -0.1) is 5.10 Å². The molecule has 0 aliphatic rings. The SMILES string of the molecule is CCC(O)c1cn(Cc2c(F)cccc2F)nn1. The van der Waals surface area contributed by atoms with Crippen molar-refractivity contribution in [2.75, 3.05) is 0 Å². The van der Waals surface area contributed by atoms with E-state index < -0.39 is 17.7 Å². The summed E-state index contributed by atoms with van der Waals surface area (Å²) in [5.74, 6) is -1.24. The molecule has 6 heteroatoms. The Bertz CT molecular complexity index is 522. The number of benzene rings is 1.